The minimum atomic E-state index is -2.01. The molecule has 8 rings (SSSR count). The lowest BCUT2D eigenvalue weighted by molar-refractivity contribution is -0.272. The van der Waals surface area contributed by atoms with Crippen molar-refractivity contribution in [2.75, 3.05) is 25.8 Å². The van der Waals surface area contributed by atoms with Gasteiger partial charge in [-0.2, -0.15) is 0 Å². The van der Waals surface area contributed by atoms with Crippen LogP contribution in [-0.4, -0.2) is 106 Å². The summed E-state index contributed by atoms with van der Waals surface area (Å²) < 4.78 is 41.3. The third kappa shape index (κ3) is 9.94. The van der Waals surface area contributed by atoms with Gasteiger partial charge in [0.15, 0.2) is 16.6 Å². The lowest BCUT2D eigenvalue weighted by Crippen LogP contribution is -2.59. The second-order valence-corrected chi connectivity index (χ2v) is 18.0. The number of aromatic nitrogens is 2. The van der Waals surface area contributed by atoms with Crippen molar-refractivity contribution in [3.8, 4) is 28.6 Å². The van der Waals surface area contributed by atoms with E-state index in [-0.39, 0.29) is 67.4 Å². The molecule has 0 saturated carbocycles. The number of benzene rings is 2. The zero-order valence-corrected chi connectivity index (χ0v) is 39.9. The summed E-state index contributed by atoms with van der Waals surface area (Å²) in [5.41, 5.74) is 6.74. The van der Waals surface area contributed by atoms with Crippen LogP contribution >= 0.6 is 24.6 Å². The highest BCUT2D eigenvalue weighted by Gasteiger charge is 2.51. The molecule has 0 radical (unpaired) electrons. The highest BCUT2D eigenvalue weighted by Crippen LogP contribution is 2.43. The van der Waals surface area contributed by atoms with E-state index in [0.717, 1.165) is 10.9 Å². The molecule has 0 unspecified atom stereocenters. The Hall–Kier alpha value is -5.61. The lowest BCUT2D eigenvalue weighted by Gasteiger charge is -2.40. The molecule has 1 amide bonds. The summed E-state index contributed by atoms with van der Waals surface area (Å²) in [5, 5.41) is 30.9. The van der Waals surface area contributed by atoms with Gasteiger partial charge in [-0.1, -0.05) is 20.8 Å². The van der Waals surface area contributed by atoms with Gasteiger partial charge in [0.1, 0.15) is 42.8 Å². The van der Waals surface area contributed by atoms with Crippen LogP contribution < -0.4 is 41.5 Å². The van der Waals surface area contributed by atoms with Crippen molar-refractivity contribution in [3.05, 3.63) is 75.6 Å². The molecule has 0 bridgehead atoms. The van der Waals surface area contributed by atoms with Crippen LogP contribution in [0.4, 0.5) is 5.69 Å². The van der Waals surface area contributed by atoms with E-state index in [1.54, 1.807) is 54.8 Å². The van der Waals surface area contributed by atoms with Gasteiger partial charge in [0.05, 0.1) is 35.1 Å². The number of carbonyl (C=O) groups excluding carboxylic acids is 3. The number of methoxy groups -OCH3 is 1. The number of nitrogens with two attached hydrogens (primary N) is 1. The zero-order chi connectivity index (χ0) is 47.7. The van der Waals surface area contributed by atoms with Crippen LogP contribution in [0.1, 0.15) is 76.5 Å². The Bertz CT molecular complexity index is 2620. The number of thiocarbonyl (C=S) groups is 1. The summed E-state index contributed by atoms with van der Waals surface area (Å²) >= 11 is 5.64. The Morgan fingerprint density at radius 2 is 1.75 bits per heavy atom. The van der Waals surface area contributed by atoms with Gasteiger partial charge < -0.3 is 69.6 Å². The first-order chi connectivity index (χ1) is 32.1. The van der Waals surface area contributed by atoms with Crippen LogP contribution in [-0.2, 0) is 52.1 Å². The fraction of sp³-hybridized carbons (Fsp3) is 0.489. The van der Waals surface area contributed by atoms with Crippen molar-refractivity contribution < 1.29 is 57.8 Å². The summed E-state index contributed by atoms with van der Waals surface area (Å²) in [5.74, 6) is -0.835. The molecular weight excluding hydrogens is 924 g/mol. The van der Waals surface area contributed by atoms with Crippen molar-refractivity contribution in [1.29, 1.82) is 0 Å². The molecule has 8 atom stereocenters. The number of carbonyl (C=O) groups is 3. The monoisotopic (exact) mass is 980 g/mol. The van der Waals surface area contributed by atoms with E-state index >= 15 is 0 Å². The first kappa shape index (κ1) is 50.3. The number of aliphatic hydroxyl groups is 2. The number of amides is 1. The molecule has 7 N–H and O–H groups in total. The average molecular weight is 982 g/mol. The van der Waals surface area contributed by atoms with Crippen molar-refractivity contribution in [2.45, 2.75) is 121 Å². The van der Waals surface area contributed by atoms with Crippen LogP contribution in [0.2, 0.25) is 0 Å². The molecule has 4 aliphatic heterocycles. The van der Waals surface area contributed by atoms with E-state index in [9.17, 15) is 29.4 Å². The number of hydrogen-bond acceptors (Lipinski definition) is 16. The molecule has 0 spiro atoms. The molecule has 1 fully saturated rings. The lowest BCUT2D eigenvalue weighted by atomic mass is 9.85. The summed E-state index contributed by atoms with van der Waals surface area (Å²) in [6, 6.07) is 11.7. The molecule has 1 saturated heterocycles. The SMILES string of the molecule is CC[C@@]1(OC(=O)[C@H](CC(C)C)NC(=O)[C@H](CCCCN)NC(=S)Nc2ccc(O[C@H]3O[C@@H](C)[C@@H](O)[C@@H](OC)[C@@H]3O)cc2)C(=O)OCc2c1cc1n(c2=O)Cc2cc3cc4c(cc3nc2-1)OCO4.Cl. The largest absolute Gasteiger partial charge is 0.462 e. The molecule has 366 valence electrons. The van der Waals surface area contributed by atoms with Crippen LogP contribution in [0.25, 0.3) is 22.3 Å². The number of aliphatic hydroxyl groups excluding tert-OH is 2. The Balaban J connectivity index is 0.00000684. The van der Waals surface area contributed by atoms with E-state index in [1.165, 1.54) is 7.11 Å². The molecule has 4 aliphatic rings. The van der Waals surface area contributed by atoms with Gasteiger partial charge in [-0.25, -0.2) is 14.6 Å². The van der Waals surface area contributed by atoms with Gasteiger partial charge in [0.2, 0.25) is 24.6 Å². The number of ether oxygens (including phenoxy) is 7. The van der Waals surface area contributed by atoms with Crippen molar-refractivity contribution in [1.82, 2.24) is 20.2 Å². The van der Waals surface area contributed by atoms with Gasteiger partial charge in [0, 0.05) is 35.4 Å². The molecule has 4 aromatic rings. The van der Waals surface area contributed by atoms with Gasteiger partial charge in [-0.05, 0) is 106 Å². The maximum absolute atomic E-state index is 14.5. The Labute approximate surface area is 403 Å². The Morgan fingerprint density at radius 1 is 1.01 bits per heavy atom. The Kier molecular flexibility index (Phi) is 15.5. The minimum absolute atomic E-state index is 0. The predicted molar refractivity (Wildman–Crippen MR) is 253 cm³/mol. The number of rotatable bonds is 16. The van der Waals surface area contributed by atoms with E-state index in [1.807, 2.05) is 26.0 Å². The number of anilines is 1. The minimum Gasteiger partial charge on any atom is -0.462 e. The molecule has 2 aromatic heterocycles. The van der Waals surface area contributed by atoms with Crippen molar-refractivity contribution in [3.63, 3.8) is 0 Å². The molecule has 2 aromatic carbocycles. The fourth-order valence-electron chi connectivity index (χ4n) is 8.94. The molecule has 0 aliphatic carbocycles. The zero-order valence-electron chi connectivity index (χ0n) is 38.3. The molecule has 68 heavy (non-hydrogen) atoms. The van der Waals surface area contributed by atoms with E-state index in [2.05, 4.69) is 16.0 Å². The maximum atomic E-state index is 14.5. The van der Waals surface area contributed by atoms with Crippen molar-refractivity contribution >= 4 is 64.2 Å². The maximum Gasteiger partial charge on any atom is 0.355 e. The molecule has 21 heteroatoms. The second-order valence-electron chi connectivity index (χ2n) is 17.5. The number of esters is 2. The summed E-state index contributed by atoms with van der Waals surface area (Å²) in [4.78, 5) is 61.7. The standard InChI is InChI=1S/C47H56N6O13S.ClH/c1-6-47(30-18-34-37-26(20-53(34)42(57)29(30)21-61-45(47)59)16-25-17-35-36(63-22-62-35)19-32(25)50-37)66-43(58)33(15-23(2)3)51-41(56)31(9-7-8-14-48)52-46(67)49-27-10-12-28(13-11-27)65-44-39(55)40(60-5)38(54)24(4)64-44;/h10-13,16-19,23-24,31,33,38-40,44,54-55H,6-9,14-15,20-22,48H2,1-5H3,(H,51,56)(H2,49,52,67);1H/t24-,31-,33-,38+,39-,40+,44+,47-;/m0./s1. The third-order valence-corrected chi connectivity index (χ3v) is 12.8. The smallest absolute Gasteiger partial charge is 0.355 e. The van der Waals surface area contributed by atoms with Crippen LogP contribution in [0.5, 0.6) is 17.2 Å². The van der Waals surface area contributed by atoms with E-state index < -0.39 is 71.8 Å². The average Bonchev–Trinajstić information content (AvgIpc) is 3.91. The normalized spacial score (nSPS) is 23.0. The third-order valence-electron chi connectivity index (χ3n) is 12.5. The first-order valence-corrected chi connectivity index (χ1v) is 22.8. The number of nitrogens with zero attached hydrogens (tertiary/aromatic N) is 2. The van der Waals surface area contributed by atoms with Crippen LogP contribution in [0, 0.1) is 5.92 Å². The Morgan fingerprint density at radius 3 is 2.44 bits per heavy atom. The van der Waals surface area contributed by atoms with Crippen LogP contribution in [0.15, 0.2) is 53.3 Å². The highest BCUT2D eigenvalue weighted by atomic mass is 35.5. The topological polar surface area (TPSA) is 253 Å². The fourth-order valence-corrected chi connectivity index (χ4v) is 9.20. The molecular formula is C47H57ClN6O13S. The van der Waals surface area contributed by atoms with Gasteiger partial charge >= 0.3 is 11.9 Å². The number of halogens is 1. The highest BCUT2D eigenvalue weighted by molar-refractivity contribution is 7.80. The molecule has 19 nitrogen and oxygen atoms in total. The summed E-state index contributed by atoms with van der Waals surface area (Å²) in [6.07, 6.45) is -3.34. The summed E-state index contributed by atoms with van der Waals surface area (Å²) in [6.45, 7) is 7.51. The van der Waals surface area contributed by atoms with Gasteiger partial charge in [-0.15, -0.1) is 12.4 Å². The number of pyridine rings is 2. The van der Waals surface area contributed by atoms with Gasteiger partial charge in [-0.3, -0.25) is 9.59 Å². The molecule has 6 heterocycles. The van der Waals surface area contributed by atoms with E-state index in [4.69, 9.17) is 56.1 Å². The predicted octanol–water partition coefficient (Wildman–Crippen LogP) is 3.66. The number of fused-ring (bicyclic) bond motifs is 6. The summed E-state index contributed by atoms with van der Waals surface area (Å²) in [7, 11) is 1.39. The van der Waals surface area contributed by atoms with E-state index in [0.29, 0.717) is 65.6 Å². The number of unbranched alkanes of at least 4 members (excludes halogenated alkanes) is 1. The second kappa shape index (κ2) is 20.9. The van der Waals surface area contributed by atoms with Gasteiger partial charge in [0.25, 0.3) is 5.56 Å². The quantitative estimate of drug-likeness (QED) is 0.0469. The van der Waals surface area contributed by atoms with Crippen LogP contribution in [0.3, 0.4) is 0 Å². The number of cyclic esters (lactones) is 1. The first-order valence-electron chi connectivity index (χ1n) is 22.4. The van der Waals surface area contributed by atoms with Crippen molar-refractivity contribution in [2.24, 2.45) is 11.7 Å². The number of nitrogens with one attached hydrogen (secondary N) is 3. The number of hydrogen-bond donors (Lipinski definition) is 6.